The Bertz CT molecular complexity index is 834. The van der Waals surface area contributed by atoms with Gasteiger partial charge in [0.25, 0.3) is 11.6 Å². The molecule has 10 heteroatoms. The molecular formula is C15H11BrClN3O4S. The van der Waals surface area contributed by atoms with Gasteiger partial charge in [-0.05, 0) is 36.5 Å². The fourth-order valence-corrected chi connectivity index (χ4v) is 2.72. The minimum absolute atomic E-state index is 0.00370. The first-order chi connectivity index (χ1) is 11.8. The van der Waals surface area contributed by atoms with Crippen LogP contribution >= 0.6 is 39.7 Å². The monoisotopic (exact) mass is 443 g/mol. The number of nitro groups is 1. The molecule has 0 heterocycles. The summed E-state index contributed by atoms with van der Waals surface area (Å²) in [7, 11) is 0. The summed E-state index contributed by atoms with van der Waals surface area (Å²) in [6.07, 6.45) is 0. The van der Waals surface area contributed by atoms with Crippen LogP contribution in [0, 0.1) is 10.1 Å². The number of nitro benzene ring substituents is 1. The number of ether oxygens (including phenoxy) is 1. The van der Waals surface area contributed by atoms with Crippen LogP contribution in [0.4, 0.5) is 11.4 Å². The highest BCUT2D eigenvalue weighted by molar-refractivity contribution is 9.10. The molecule has 2 aromatic rings. The molecule has 0 atom stereocenters. The Kier molecular flexibility index (Phi) is 6.68. The van der Waals surface area contributed by atoms with Crippen molar-refractivity contribution in [3.05, 3.63) is 62.1 Å². The van der Waals surface area contributed by atoms with E-state index in [9.17, 15) is 14.9 Å². The van der Waals surface area contributed by atoms with Crippen LogP contribution in [0.2, 0.25) is 5.02 Å². The van der Waals surface area contributed by atoms with Gasteiger partial charge in [0.1, 0.15) is 5.75 Å². The molecule has 7 nitrogen and oxygen atoms in total. The standard InChI is InChI=1S/C15H11BrClN3O4S/c16-9-4-5-13(12(17)6-9)24-8-14(21)19-15(25)18-10-2-1-3-11(7-10)20(22)23/h1-7H,8H2,(H2,18,19,21,25). The van der Waals surface area contributed by atoms with Crippen molar-refractivity contribution in [2.24, 2.45) is 0 Å². The van der Waals surface area contributed by atoms with Gasteiger partial charge in [-0.25, -0.2) is 0 Å². The second kappa shape index (κ2) is 8.75. The van der Waals surface area contributed by atoms with E-state index in [0.717, 1.165) is 4.47 Å². The summed E-state index contributed by atoms with van der Waals surface area (Å²) in [6.45, 7) is -0.294. The van der Waals surface area contributed by atoms with E-state index in [4.69, 9.17) is 28.6 Å². The lowest BCUT2D eigenvalue weighted by Crippen LogP contribution is -2.37. The Morgan fingerprint density at radius 1 is 1.32 bits per heavy atom. The first-order valence-electron chi connectivity index (χ1n) is 6.78. The lowest BCUT2D eigenvalue weighted by atomic mass is 10.3. The van der Waals surface area contributed by atoms with E-state index < -0.39 is 10.8 Å². The number of non-ortho nitro benzene ring substituents is 1. The van der Waals surface area contributed by atoms with E-state index >= 15 is 0 Å². The summed E-state index contributed by atoms with van der Waals surface area (Å²) in [5.74, 6) is -0.139. The third kappa shape index (κ3) is 5.96. The third-order valence-electron chi connectivity index (χ3n) is 2.82. The third-order valence-corrected chi connectivity index (χ3v) is 3.81. The molecule has 0 radical (unpaired) electrons. The number of hydrogen-bond donors (Lipinski definition) is 2. The number of carbonyl (C=O) groups is 1. The fourth-order valence-electron chi connectivity index (χ4n) is 1.76. The predicted molar refractivity (Wildman–Crippen MR) is 102 cm³/mol. The van der Waals surface area contributed by atoms with Gasteiger partial charge in [-0.3, -0.25) is 20.2 Å². The van der Waals surface area contributed by atoms with Gasteiger partial charge < -0.3 is 10.1 Å². The summed E-state index contributed by atoms with van der Waals surface area (Å²) < 4.78 is 6.10. The van der Waals surface area contributed by atoms with Crippen molar-refractivity contribution in [2.45, 2.75) is 0 Å². The first-order valence-corrected chi connectivity index (χ1v) is 8.36. The lowest BCUT2D eigenvalue weighted by Gasteiger charge is -2.11. The van der Waals surface area contributed by atoms with E-state index in [2.05, 4.69) is 26.6 Å². The molecule has 1 amide bonds. The average molecular weight is 445 g/mol. The van der Waals surface area contributed by atoms with Crippen LogP contribution < -0.4 is 15.4 Å². The maximum absolute atomic E-state index is 11.8. The van der Waals surface area contributed by atoms with E-state index in [1.807, 2.05) is 0 Å². The number of nitrogens with zero attached hydrogens (tertiary/aromatic N) is 1. The van der Waals surface area contributed by atoms with Gasteiger partial charge in [0.2, 0.25) is 0 Å². The van der Waals surface area contributed by atoms with Gasteiger partial charge in [0.05, 0.1) is 9.95 Å². The van der Waals surface area contributed by atoms with Crippen LogP contribution in [0.15, 0.2) is 46.9 Å². The Balaban J connectivity index is 1.86. The normalized spacial score (nSPS) is 10.0. The molecule has 25 heavy (non-hydrogen) atoms. The molecule has 130 valence electrons. The zero-order chi connectivity index (χ0) is 18.4. The van der Waals surface area contributed by atoms with Crippen molar-refractivity contribution in [1.82, 2.24) is 5.32 Å². The van der Waals surface area contributed by atoms with Crippen molar-refractivity contribution in [2.75, 3.05) is 11.9 Å². The number of hydrogen-bond acceptors (Lipinski definition) is 5. The second-order valence-electron chi connectivity index (χ2n) is 4.67. The smallest absolute Gasteiger partial charge is 0.271 e. The quantitative estimate of drug-likeness (QED) is 0.413. The van der Waals surface area contributed by atoms with Crippen LogP contribution in [0.5, 0.6) is 5.75 Å². The van der Waals surface area contributed by atoms with Crippen molar-refractivity contribution in [1.29, 1.82) is 0 Å². The van der Waals surface area contributed by atoms with Crippen LogP contribution in [-0.2, 0) is 4.79 Å². The Morgan fingerprint density at radius 3 is 2.76 bits per heavy atom. The summed E-state index contributed by atoms with van der Waals surface area (Å²) in [5.41, 5.74) is 0.295. The Labute approximate surface area is 161 Å². The lowest BCUT2D eigenvalue weighted by molar-refractivity contribution is -0.384. The SMILES string of the molecule is O=C(COc1ccc(Br)cc1Cl)NC(=S)Nc1cccc([N+](=O)[O-])c1. The zero-order valence-electron chi connectivity index (χ0n) is 12.5. The molecular weight excluding hydrogens is 434 g/mol. The number of carbonyl (C=O) groups excluding carboxylic acids is 1. The summed E-state index contributed by atoms with van der Waals surface area (Å²) in [5, 5.41) is 16.2. The Hall–Kier alpha value is -2.23. The minimum atomic E-state index is -0.525. The maximum atomic E-state index is 11.8. The van der Waals surface area contributed by atoms with Gasteiger partial charge >= 0.3 is 0 Å². The average Bonchev–Trinajstić information content (AvgIpc) is 2.54. The van der Waals surface area contributed by atoms with Crippen LogP contribution in [0.1, 0.15) is 0 Å². The minimum Gasteiger partial charge on any atom is -0.482 e. The molecule has 2 aromatic carbocycles. The largest absolute Gasteiger partial charge is 0.482 e. The summed E-state index contributed by atoms with van der Waals surface area (Å²) in [6, 6.07) is 10.7. The molecule has 2 N–H and O–H groups in total. The first kappa shape index (κ1) is 19.1. The van der Waals surface area contributed by atoms with Crippen molar-refractivity contribution in [3.8, 4) is 5.75 Å². The molecule has 0 unspecified atom stereocenters. The predicted octanol–water partition coefficient (Wildman–Crippen LogP) is 3.90. The molecule has 0 saturated carbocycles. The van der Waals surface area contributed by atoms with E-state index in [0.29, 0.717) is 16.5 Å². The number of thiocarbonyl (C=S) groups is 1. The molecule has 0 aliphatic heterocycles. The highest BCUT2D eigenvalue weighted by Gasteiger charge is 2.10. The molecule has 0 spiro atoms. The summed E-state index contributed by atoms with van der Waals surface area (Å²) in [4.78, 5) is 22.1. The van der Waals surface area contributed by atoms with Gasteiger partial charge in [-0.2, -0.15) is 0 Å². The van der Waals surface area contributed by atoms with Gasteiger partial charge in [-0.1, -0.05) is 33.6 Å². The van der Waals surface area contributed by atoms with Gasteiger partial charge in [0.15, 0.2) is 11.7 Å². The second-order valence-corrected chi connectivity index (χ2v) is 6.40. The van der Waals surface area contributed by atoms with Crippen molar-refractivity contribution < 1.29 is 14.5 Å². The highest BCUT2D eigenvalue weighted by atomic mass is 79.9. The molecule has 0 fully saturated rings. The number of anilines is 1. The molecule has 0 aliphatic rings. The zero-order valence-corrected chi connectivity index (χ0v) is 15.7. The number of rotatable bonds is 5. The van der Waals surface area contributed by atoms with E-state index in [1.165, 1.54) is 18.2 Å². The molecule has 0 aliphatic carbocycles. The van der Waals surface area contributed by atoms with E-state index in [-0.39, 0.29) is 17.4 Å². The van der Waals surface area contributed by atoms with Gasteiger partial charge in [0, 0.05) is 22.3 Å². The van der Waals surface area contributed by atoms with Crippen molar-refractivity contribution in [3.63, 3.8) is 0 Å². The number of halogens is 2. The molecule has 0 saturated heterocycles. The molecule has 0 aromatic heterocycles. The number of nitrogens with one attached hydrogen (secondary N) is 2. The Morgan fingerprint density at radius 2 is 2.08 bits per heavy atom. The molecule has 0 bridgehead atoms. The van der Waals surface area contributed by atoms with Crippen LogP contribution in [0.3, 0.4) is 0 Å². The number of amides is 1. The highest BCUT2D eigenvalue weighted by Crippen LogP contribution is 2.27. The maximum Gasteiger partial charge on any atom is 0.271 e. The van der Waals surface area contributed by atoms with Crippen LogP contribution in [-0.4, -0.2) is 22.5 Å². The fraction of sp³-hybridized carbons (Fsp3) is 0.0667. The summed E-state index contributed by atoms with van der Waals surface area (Å²) >= 11 is 14.2. The van der Waals surface area contributed by atoms with Crippen molar-refractivity contribution >= 4 is 62.1 Å². The topological polar surface area (TPSA) is 93.5 Å². The molecule has 2 rings (SSSR count). The number of benzene rings is 2. The van der Waals surface area contributed by atoms with Gasteiger partial charge in [-0.15, -0.1) is 0 Å². The van der Waals surface area contributed by atoms with E-state index in [1.54, 1.807) is 24.3 Å². The van der Waals surface area contributed by atoms with Crippen LogP contribution in [0.25, 0.3) is 0 Å².